The molecule has 18 heavy (non-hydrogen) atoms. The van der Waals surface area contributed by atoms with E-state index in [2.05, 4.69) is 24.1 Å². The standard InChI is InChI=1S/C15H19Cl2N/c1-18-12-6-7-15(18)14(9-16)13(8-12)10-2-4-11(17)5-3-10/h2-5,12-15H,6-9H2,1H3/t12-,13?,14+,15?/m1/s1. The number of rotatable bonds is 2. The van der Waals surface area contributed by atoms with Crippen LogP contribution in [0.2, 0.25) is 5.02 Å². The minimum atomic E-state index is 0.580. The molecule has 1 nitrogen and oxygen atoms in total. The summed E-state index contributed by atoms with van der Waals surface area (Å²) in [6.45, 7) is 0. The molecule has 2 heterocycles. The Morgan fingerprint density at radius 1 is 1.22 bits per heavy atom. The largest absolute Gasteiger partial charge is 0.300 e. The topological polar surface area (TPSA) is 3.24 Å². The Bertz CT molecular complexity index is 417. The first-order valence-corrected chi connectivity index (χ1v) is 7.65. The Kier molecular flexibility index (Phi) is 3.57. The van der Waals surface area contributed by atoms with Crippen LogP contribution in [0.5, 0.6) is 0 Å². The SMILES string of the molecule is CN1C2CC[C@@H]1CC(c1ccc(Cl)cc1)[C@@H]2CCl. The van der Waals surface area contributed by atoms with Crippen molar-refractivity contribution in [1.29, 1.82) is 0 Å². The van der Waals surface area contributed by atoms with Crippen LogP contribution < -0.4 is 0 Å². The van der Waals surface area contributed by atoms with Crippen molar-refractivity contribution in [2.75, 3.05) is 12.9 Å². The summed E-state index contributed by atoms with van der Waals surface area (Å²) >= 11 is 12.2. The normalized spacial score (nSPS) is 35.9. The number of piperidine rings is 1. The summed E-state index contributed by atoms with van der Waals surface area (Å²) in [6, 6.07) is 9.77. The van der Waals surface area contributed by atoms with Gasteiger partial charge in [-0.15, -0.1) is 11.6 Å². The smallest absolute Gasteiger partial charge is 0.0406 e. The van der Waals surface area contributed by atoms with Crippen molar-refractivity contribution in [3.05, 3.63) is 34.9 Å². The Morgan fingerprint density at radius 2 is 1.94 bits per heavy atom. The molecule has 2 aliphatic rings. The first-order chi connectivity index (χ1) is 8.70. The van der Waals surface area contributed by atoms with Gasteiger partial charge in [0.25, 0.3) is 0 Å². The Balaban J connectivity index is 1.89. The maximum Gasteiger partial charge on any atom is 0.0406 e. The second-order valence-electron chi connectivity index (χ2n) is 5.68. The van der Waals surface area contributed by atoms with Gasteiger partial charge in [-0.1, -0.05) is 23.7 Å². The monoisotopic (exact) mass is 283 g/mol. The minimum Gasteiger partial charge on any atom is -0.300 e. The number of halogens is 2. The molecule has 2 bridgehead atoms. The van der Waals surface area contributed by atoms with Gasteiger partial charge in [-0.3, -0.25) is 0 Å². The fourth-order valence-corrected chi connectivity index (χ4v) is 4.43. The second-order valence-corrected chi connectivity index (χ2v) is 6.42. The van der Waals surface area contributed by atoms with Crippen molar-refractivity contribution in [3.63, 3.8) is 0 Å². The van der Waals surface area contributed by atoms with Gasteiger partial charge in [-0.05, 0) is 55.8 Å². The second kappa shape index (κ2) is 5.03. The lowest BCUT2D eigenvalue weighted by molar-refractivity contribution is 0.111. The van der Waals surface area contributed by atoms with Crippen LogP contribution in [-0.4, -0.2) is 29.9 Å². The van der Waals surface area contributed by atoms with E-state index >= 15 is 0 Å². The van der Waals surface area contributed by atoms with E-state index in [9.17, 15) is 0 Å². The Labute approximate surface area is 119 Å². The molecule has 0 spiro atoms. The number of alkyl halides is 1. The summed E-state index contributed by atoms with van der Waals surface area (Å²) in [5.74, 6) is 1.94. The molecule has 2 fully saturated rings. The zero-order valence-corrected chi connectivity index (χ0v) is 12.2. The summed E-state index contributed by atoms with van der Waals surface area (Å²) in [4.78, 5) is 2.56. The maximum atomic E-state index is 6.26. The number of benzene rings is 1. The molecule has 0 radical (unpaired) electrons. The summed E-state index contributed by atoms with van der Waals surface area (Å²) in [6.07, 6.45) is 3.88. The summed E-state index contributed by atoms with van der Waals surface area (Å²) in [5, 5.41) is 0.817. The van der Waals surface area contributed by atoms with E-state index in [4.69, 9.17) is 23.2 Å². The van der Waals surface area contributed by atoms with E-state index < -0.39 is 0 Å². The van der Waals surface area contributed by atoms with E-state index in [0.717, 1.165) is 16.9 Å². The molecule has 1 aromatic rings. The molecule has 0 aliphatic carbocycles. The van der Waals surface area contributed by atoms with Gasteiger partial charge in [0.1, 0.15) is 0 Å². The molecular formula is C15H19Cl2N. The molecule has 0 aromatic heterocycles. The fourth-order valence-electron chi connectivity index (χ4n) is 3.88. The van der Waals surface area contributed by atoms with E-state index in [1.54, 1.807) is 0 Å². The molecule has 3 heteroatoms. The van der Waals surface area contributed by atoms with Crippen LogP contribution in [0.25, 0.3) is 0 Å². The van der Waals surface area contributed by atoms with Gasteiger partial charge in [-0.2, -0.15) is 0 Å². The van der Waals surface area contributed by atoms with Crippen LogP contribution in [0, 0.1) is 5.92 Å². The van der Waals surface area contributed by atoms with Crippen LogP contribution in [0.1, 0.15) is 30.7 Å². The highest BCUT2D eigenvalue weighted by molar-refractivity contribution is 6.30. The summed E-state index contributed by atoms with van der Waals surface area (Å²) in [5.41, 5.74) is 1.41. The maximum absolute atomic E-state index is 6.26. The number of fused-ring (bicyclic) bond motifs is 2. The predicted molar refractivity (Wildman–Crippen MR) is 77.6 cm³/mol. The van der Waals surface area contributed by atoms with Crippen molar-refractivity contribution in [3.8, 4) is 0 Å². The lowest BCUT2D eigenvalue weighted by Crippen LogP contribution is -2.46. The predicted octanol–water partition coefficient (Wildman–Crippen LogP) is 4.15. The van der Waals surface area contributed by atoms with Crippen molar-refractivity contribution in [1.82, 2.24) is 4.90 Å². The minimum absolute atomic E-state index is 0.580. The first-order valence-electron chi connectivity index (χ1n) is 6.74. The molecule has 1 aromatic carbocycles. The van der Waals surface area contributed by atoms with Crippen molar-refractivity contribution in [2.24, 2.45) is 5.92 Å². The van der Waals surface area contributed by atoms with Crippen LogP contribution >= 0.6 is 23.2 Å². The summed E-state index contributed by atoms with van der Waals surface area (Å²) in [7, 11) is 2.26. The van der Waals surface area contributed by atoms with E-state index in [0.29, 0.717) is 17.9 Å². The lowest BCUT2D eigenvalue weighted by atomic mass is 9.77. The lowest BCUT2D eigenvalue weighted by Gasteiger charge is -2.42. The molecule has 0 N–H and O–H groups in total. The van der Waals surface area contributed by atoms with Crippen molar-refractivity contribution >= 4 is 23.2 Å². The van der Waals surface area contributed by atoms with Gasteiger partial charge in [-0.25, -0.2) is 0 Å². The van der Waals surface area contributed by atoms with Crippen LogP contribution in [0.15, 0.2) is 24.3 Å². The van der Waals surface area contributed by atoms with Crippen LogP contribution in [0.3, 0.4) is 0 Å². The molecule has 0 amide bonds. The first kappa shape index (κ1) is 12.8. The molecule has 0 saturated carbocycles. The Morgan fingerprint density at radius 3 is 2.61 bits per heavy atom. The van der Waals surface area contributed by atoms with Gasteiger partial charge in [0.05, 0.1) is 0 Å². The zero-order chi connectivity index (χ0) is 12.7. The van der Waals surface area contributed by atoms with Crippen LogP contribution in [0.4, 0.5) is 0 Å². The molecule has 98 valence electrons. The quantitative estimate of drug-likeness (QED) is 0.738. The molecule has 2 aliphatic heterocycles. The zero-order valence-electron chi connectivity index (χ0n) is 10.7. The third-order valence-electron chi connectivity index (χ3n) is 4.91. The highest BCUT2D eigenvalue weighted by atomic mass is 35.5. The molecule has 3 rings (SSSR count). The molecule has 4 atom stereocenters. The molecule has 2 unspecified atom stereocenters. The number of hydrogen-bond donors (Lipinski definition) is 0. The molecular weight excluding hydrogens is 265 g/mol. The van der Waals surface area contributed by atoms with E-state index in [-0.39, 0.29) is 0 Å². The third-order valence-corrected chi connectivity index (χ3v) is 5.52. The fraction of sp³-hybridized carbons (Fsp3) is 0.600. The van der Waals surface area contributed by atoms with Gasteiger partial charge in [0, 0.05) is 23.0 Å². The average molecular weight is 284 g/mol. The van der Waals surface area contributed by atoms with Crippen LogP contribution in [-0.2, 0) is 0 Å². The number of hydrogen-bond acceptors (Lipinski definition) is 1. The van der Waals surface area contributed by atoms with E-state index in [1.165, 1.54) is 24.8 Å². The van der Waals surface area contributed by atoms with Gasteiger partial charge < -0.3 is 4.90 Å². The highest BCUT2D eigenvalue weighted by Gasteiger charge is 2.45. The average Bonchev–Trinajstić information content (AvgIpc) is 2.63. The van der Waals surface area contributed by atoms with Gasteiger partial charge >= 0.3 is 0 Å². The van der Waals surface area contributed by atoms with Crippen molar-refractivity contribution in [2.45, 2.75) is 37.3 Å². The summed E-state index contributed by atoms with van der Waals surface area (Å²) < 4.78 is 0. The third kappa shape index (κ3) is 2.07. The van der Waals surface area contributed by atoms with Gasteiger partial charge in [0.15, 0.2) is 0 Å². The number of nitrogens with zero attached hydrogens (tertiary/aromatic N) is 1. The van der Waals surface area contributed by atoms with Crippen molar-refractivity contribution < 1.29 is 0 Å². The highest BCUT2D eigenvalue weighted by Crippen LogP contribution is 2.46. The van der Waals surface area contributed by atoms with Gasteiger partial charge in [0.2, 0.25) is 0 Å². The Hall–Kier alpha value is -0.240. The van der Waals surface area contributed by atoms with E-state index in [1.807, 2.05) is 12.1 Å². The molecule has 2 saturated heterocycles.